The molecule has 2 amide bonds. The average molecular weight is 265 g/mol. The summed E-state index contributed by atoms with van der Waals surface area (Å²) in [6, 6.07) is 4.65. The highest BCUT2D eigenvalue weighted by Gasteiger charge is 2.31. The van der Waals surface area contributed by atoms with Crippen molar-refractivity contribution >= 4 is 17.5 Å². The number of nitrogens with zero attached hydrogens (tertiary/aromatic N) is 2. The summed E-state index contributed by atoms with van der Waals surface area (Å²) in [6.45, 7) is 3.28. The third kappa shape index (κ3) is 2.52. The third-order valence-corrected chi connectivity index (χ3v) is 3.25. The van der Waals surface area contributed by atoms with Crippen molar-refractivity contribution in [3.05, 3.63) is 29.6 Å². The quantitative estimate of drug-likeness (QED) is 0.643. The molecule has 0 unspecified atom stereocenters. The van der Waals surface area contributed by atoms with Crippen LogP contribution in [0, 0.1) is 5.82 Å². The standard InChI is InChI=1S/C13H16FN3O2/c1-2-16-6-7-17(13(19)12(16)18)8-9-4-3-5-10(15)11(9)14/h3-5H,2,6-8,15H2,1H3. The fourth-order valence-corrected chi connectivity index (χ4v) is 2.10. The molecule has 0 saturated carbocycles. The van der Waals surface area contributed by atoms with Crippen LogP contribution in [0.15, 0.2) is 18.2 Å². The maximum Gasteiger partial charge on any atom is 0.312 e. The van der Waals surface area contributed by atoms with E-state index in [2.05, 4.69) is 0 Å². The van der Waals surface area contributed by atoms with Gasteiger partial charge in [0.1, 0.15) is 0 Å². The van der Waals surface area contributed by atoms with Crippen LogP contribution in [0.25, 0.3) is 0 Å². The molecule has 102 valence electrons. The normalized spacial score (nSPS) is 16.1. The number of anilines is 1. The minimum atomic E-state index is -0.588. The Hall–Kier alpha value is -2.11. The van der Waals surface area contributed by atoms with Crippen LogP contribution in [-0.2, 0) is 16.1 Å². The molecule has 0 aliphatic carbocycles. The van der Waals surface area contributed by atoms with Crippen LogP contribution in [0.1, 0.15) is 12.5 Å². The molecule has 1 aliphatic rings. The molecule has 1 heterocycles. The highest BCUT2D eigenvalue weighted by molar-refractivity contribution is 6.35. The number of carbonyl (C=O) groups is 2. The molecule has 1 aliphatic heterocycles. The number of hydrogen-bond donors (Lipinski definition) is 1. The van der Waals surface area contributed by atoms with Crippen LogP contribution in [0.5, 0.6) is 0 Å². The first-order valence-corrected chi connectivity index (χ1v) is 6.15. The van der Waals surface area contributed by atoms with E-state index < -0.39 is 17.6 Å². The van der Waals surface area contributed by atoms with Crippen molar-refractivity contribution in [3.8, 4) is 0 Å². The van der Waals surface area contributed by atoms with Crippen LogP contribution >= 0.6 is 0 Å². The Balaban J connectivity index is 2.14. The van der Waals surface area contributed by atoms with E-state index in [1.54, 1.807) is 12.1 Å². The van der Waals surface area contributed by atoms with E-state index in [1.807, 2.05) is 6.92 Å². The molecular weight excluding hydrogens is 249 g/mol. The first-order valence-electron chi connectivity index (χ1n) is 6.15. The zero-order chi connectivity index (χ0) is 14.0. The number of benzene rings is 1. The number of nitrogens with two attached hydrogens (primary N) is 1. The van der Waals surface area contributed by atoms with Gasteiger partial charge in [-0.25, -0.2) is 4.39 Å². The molecule has 5 nitrogen and oxygen atoms in total. The van der Waals surface area contributed by atoms with Gasteiger partial charge in [0.25, 0.3) is 0 Å². The third-order valence-electron chi connectivity index (χ3n) is 3.25. The molecule has 1 aromatic carbocycles. The number of hydrogen-bond acceptors (Lipinski definition) is 3. The maximum absolute atomic E-state index is 13.8. The number of carbonyl (C=O) groups excluding carboxylic acids is 2. The summed E-state index contributed by atoms with van der Waals surface area (Å²) in [6.07, 6.45) is 0. The fourth-order valence-electron chi connectivity index (χ4n) is 2.10. The topological polar surface area (TPSA) is 66.6 Å². The van der Waals surface area contributed by atoms with E-state index in [4.69, 9.17) is 5.73 Å². The second-order valence-corrected chi connectivity index (χ2v) is 4.43. The van der Waals surface area contributed by atoms with Crippen LogP contribution in [0.3, 0.4) is 0 Å². The Morgan fingerprint density at radius 2 is 1.84 bits per heavy atom. The lowest BCUT2D eigenvalue weighted by molar-refractivity contribution is -0.156. The van der Waals surface area contributed by atoms with Gasteiger partial charge in [-0.1, -0.05) is 12.1 Å². The van der Waals surface area contributed by atoms with Crippen molar-refractivity contribution in [2.45, 2.75) is 13.5 Å². The summed E-state index contributed by atoms with van der Waals surface area (Å²) in [4.78, 5) is 26.4. The molecule has 6 heteroatoms. The highest BCUT2D eigenvalue weighted by Crippen LogP contribution is 2.18. The summed E-state index contributed by atoms with van der Waals surface area (Å²) in [7, 11) is 0. The van der Waals surface area contributed by atoms with Gasteiger partial charge in [0.2, 0.25) is 0 Å². The lowest BCUT2D eigenvalue weighted by atomic mass is 10.1. The smallest absolute Gasteiger partial charge is 0.312 e. The second kappa shape index (κ2) is 5.26. The van der Waals surface area contributed by atoms with E-state index >= 15 is 0 Å². The summed E-state index contributed by atoms with van der Waals surface area (Å²) in [5.41, 5.74) is 5.85. The predicted molar refractivity (Wildman–Crippen MR) is 68.5 cm³/mol. The van der Waals surface area contributed by atoms with Crippen LogP contribution in [0.2, 0.25) is 0 Å². The monoisotopic (exact) mass is 265 g/mol. The Morgan fingerprint density at radius 1 is 1.21 bits per heavy atom. The molecular formula is C13H16FN3O2. The van der Waals surface area contributed by atoms with Gasteiger partial charge in [-0.15, -0.1) is 0 Å². The molecule has 1 fully saturated rings. The summed E-state index contributed by atoms with van der Waals surface area (Å²) in [5.74, 6) is -1.64. The zero-order valence-corrected chi connectivity index (χ0v) is 10.7. The molecule has 2 rings (SSSR count). The lowest BCUT2D eigenvalue weighted by Gasteiger charge is -2.33. The van der Waals surface area contributed by atoms with Crippen molar-refractivity contribution in [1.82, 2.24) is 9.80 Å². The van der Waals surface area contributed by atoms with E-state index in [0.717, 1.165) is 0 Å². The van der Waals surface area contributed by atoms with Crippen molar-refractivity contribution in [3.63, 3.8) is 0 Å². The second-order valence-electron chi connectivity index (χ2n) is 4.43. The Kier molecular flexibility index (Phi) is 3.69. The van der Waals surface area contributed by atoms with Gasteiger partial charge in [0.15, 0.2) is 5.82 Å². The zero-order valence-electron chi connectivity index (χ0n) is 10.7. The molecule has 0 aromatic heterocycles. The minimum absolute atomic E-state index is 0.0449. The molecule has 0 spiro atoms. The van der Waals surface area contributed by atoms with Crippen LogP contribution < -0.4 is 5.73 Å². The first kappa shape index (κ1) is 13.3. The summed E-state index contributed by atoms with van der Waals surface area (Å²) < 4.78 is 13.8. The Labute approximate surface area is 110 Å². The van der Waals surface area contributed by atoms with E-state index in [9.17, 15) is 14.0 Å². The van der Waals surface area contributed by atoms with E-state index in [-0.39, 0.29) is 12.2 Å². The van der Waals surface area contributed by atoms with Crippen molar-refractivity contribution in [2.24, 2.45) is 0 Å². The number of amides is 2. The predicted octanol–water partition coefficient (Wildman–Crippen LogP) is 0.599. The van der Waals surface area contributed by atoms with Crippen molar-refractivity contribution < 1.29 is 14.0 Å². The SMILES string of the molecule is CCN1CCN(Cc2cccc(N)c2F)C(=O)C1=O. The van der Waals surface area contributed by atoms with Gasteiger partial charge < -0.3 is 15.5 Å². The van der Waals surface area contributed by atoms with Gasteiger partial charge in [-0.3, -0.25) is 9.59 Å². The van der Waals surface area contributed by atoms with Gasteiger partial charge in [-0.05, 0) is 13.0 Å². The van der Waals surface area contributed by atoms with E-state index in [1.165, 1.54) is 15.9 Å². The number of piperazine rings is 1. The largest absolute Gasteiger partial charge is 0.396 e. The number of likely N-dealkylation sites (N-methyl/N-ethyl adjacent to an activating group) is 1. The van der Waals surface area contributed by atoms with Crippen molar-refractivity contribution in [1.29, 1.82) is 0 Å². The Morgan fingerprint density at radius 3 is 2.53 bits per heavy atom. The lowest BCUT2D eigenvalue weighted by Crippen LogP contribution is -2.53. The Bertz CT molecular complexity index is 519. The molecule has 1 aromatic rings. The number of rotatable bonds is 3. The van der Waals surface area contributed by atoms with Crippen LogP contribution in [-0.4, -0.2) is 41.2 Å². The van der Waals surface area contributed by atoms with Crippen LogP contribution in [0.4, 0.5) is 10.1 Å². The molecule has 0 atom stereocenters. The average Bonchev–Trinajstić information content (AvgIpc) is 2.40. The molecule has 2 N–H and O–H groups in total. The molecule has 0 bridgehead atoms. The molecule has 0 radical (unpaired) electrons. The summed E-state index contributed by atoms with van der Waals surface area (Å²) >= 11 is 0. The molecule has 19 heavy (non-hydrogen) atoms. The van der Waals surface area contributed by atoms with E-state index in [0.29, 0.717) is 25.2 Å². The summed E-state index contributed by atoms with van der Waals surface area (Å²) in [5, 5.41) is 0. The number of nitrogen functional groups attached to an aromatic ring is 1. The number of halogens is 1. The van der Waals surface area contributed by atoms with Gasteiger partial charge >= 0.3 is 11.8 Å². The van der Waals surface area contributed by atoms with Gasteiger partial charge in [-0.2, -0.15) is 0 Å². The van der Waals surface area contributed by atoms with Gasteiger partial charge in [0, 0.05) is 31.7 Å². The fraction of sp³-hybridized carbons (Fsp3) is 0.385. The van der Waals surface area contributed by atoms with Gasteiger partial charge in [0.05, 0.1) is 5.69 Å². The van der Waals surface area contributed by atoms with Crippen molar-refractivity contribution in [2.75, 3.05) is 25.4 Å². The molecule has 1 saturated heterocycles. The first-order chi connectivity index (χ1) is 9.04. The maximum atomic E-state index is 13.8. The minimum Gasteiger partial charge on any atom is -0.396 e. The highest BCUT2D eigenvalue weighted by atomic mass is 19.1.